The number of aromatic nitrogens is 1. The molecule has 100 valence electrons. The molecule has 2 rings (SSSR count). The van der Waals surface area contributed by atoms with Gasteiger partial charge in [0.05, 0.1) is 11.4 Å². The van der Waals surface area contributed by atoms with Crippen LogP contribution in [0, 0.1) is 5.41 Å². The number of benzene rings is 1. The lowest BCUT2D eigenvalue weighted by molar-refractivity contribution is 0.255. The highest BCUT2D eigenvalue weighted by Crippen LogP contribution is 2.18. The van der Waals surface area contributed by atoms with Crippen LogP contribution >= 0.6 is 0 Å². The van der Waals surface area contributed by atoms with Crippen molar-refractivity contribution in [3.63, 3.8) is 0 Å². The first-order valence-electron chi connectivity index (χ1n) is 6.43. The first kappa shape index (κ1) is 13.5. The Hall–Kier alpha value is -1.94. The summed E-state index contributed by atoms with van der Waals surface area (Å²) >= 11 is 0. The van der Waals surface area contributed by atoms with Crippen molar-refractivity contribution < 1.29 is 0 Å². The Morgan fingerprint density at radius 1 is 1.37 bits per heavy atom. The van der Waals surface area contributed by atoms with E-state index in [9.17, 15) is 0 Å². The van der Waals surface area contributed by atoms with Gasteiger partial charge in [-0.15, -0.1) is 0 Å². The highest BCUT2D eigenvalue weighted by molar-refractivity contribution is 5.81. The van der Waals surface area contributed by atoms with Crippen LogP contribution < -0.4 is 5.73 Å². The SMILES string of the molecule is CC(CC(=N)N)N(C)Cc1cccc2cccnc12. The van der Waals surface area contributed by atoms with Crippen LogP contribution in [-0.2, 0) is 6.54 Å². The lowest BCUT2D eigenvalue weighted by Gasteiger charge is -2.24. The summed E-state index contributed by atoms with van der Waals surface area (Å²) in [6.07, 6.45) is 2.42. The maximum absolute atomic E-state index is 7.37. The zero-order chi connectivity index (χ0) is 13.8. The summed E-state index contributed by atoms with van der Waals surface area (Å²) in [4.78, 5) is 6.66. The normalized spacial score (nSPS) is 12.8. The van der Waals surface area contributed by atoms with Gasteiger partial charge >= 0.3 is 0 Å². The van der Waals surface area contributed by atoms with Gasteiger partial charge in [-0.3, -0.25) is 15.3 Å². The summed E-state index contributed by atoms with van der Waals surface area (Å²) in [5.41, 5.74) is 7.71. The maximum atomic E-state index is 7.37. The summed E-state index contributed by atoms with van der Waals surface area (Å²) in [7, 11) is 2.05. The zero-order valence-corrected chi connectivity index (χ0v) is 11.4. The molecule has 1 aromatic heterocycles. The lowest BCUT2D eigenvalue weighted by atomic mass is 10.1. The van der Waals surface area contributed by atoms with Gasteiger partial charge in [0.1, 0.15) is 0 Å². The molecular weight excluding hydrogens is 236 g/mol. The standard InChI is InChI=1S/C15H20N4/c1-11(9-14(16)17)19(2)10-13-6-3-5-12-7-4-8-18-15(12)13/h3-8,11H,9-10H2,1-2H3,(H3,16,17). The van der Waals surface area contributed by atoms with Crippen molar-refractivity contribution in [2.24, 2.45) is 5.73 Å². The van der Waals surface area contributed by atoms with Crippen LogP contribution in [0.15, 0.2) is 36.5 Å². The highest BCUT2D eigenvalue weighted by Gasteiger charge is 2.12. The summed E-state index contributed by atoms with van der Waals surface area (Å²) in [6, 6.07) is 10.5. The fourth-order valence-corrected chi connectivity index (χ4v) is 2.19. The summed E-state index contributed by atoms with van der Waals surface area (Å²) in [6.45, 7) is 2.89. The Labute approximate surface area is 113 Å². The molecule has 1 unspecified atom stereocenters. The van der Waals surface area contributed by atoms with E-state index < -0.39 is 0 Å². The molecule has 0 fully saturated rings. The monoisotopic (exact) mass is 256 g/mol. The van der Waals surface area contributed by atoms with Crippen molar-refractivity contribution in [1.29, 1.82) is 5.41 Å². The van der Waals surface area contributed by atoms with Crippen molar-refractivity contribution in [2.75, 3.05) is 7.05 Å². The third-order valence-corrected chi connectivity index (χ3v) is 3.40. The summed E-state index contributed by atoms with van der Waals surface area (Å²) in [5.74, 6) is 0.232. The average Bonchev–Trinajstić information content (AvgIpc) is 2.38. The molecule has 3 N–H and O–H groups in total. The Balaban J connectivity index is 2.19. The Kier molecular flexibility index (Phi) is 4.12. The quantitative estimate of drug-likeness (QED) is 0.637. The topological polar surface area (TPSA) is 66.0 Å². The number of nitrogens with one attached hydrogen (secondary N) is 1. The Bertz CT molecular complexity index is 574. The van der Waals surface area contributed by atoms with Gasteiger partial charge in [0.25, 0.3) is 0 Å². The molecule has 0 aliphatic carbocycles. The Morgan fingerprint density at radius 3 is 2.84 bits per heavy atom. The molecule has 1 heterocycles. The number of hydrogen-bond donors (Lipinski definition) is 2. The largest absolute Gasteiger partial charge is 0.388 e. The zero-order valence-electron chi connectivity index (χ0n) is 11.4. The van der Waals surface area contributed by atoms with Gasteiger partial charge in [-0.1, -0.05) is 24.3 Å². The second-order valence-electron chi connectivity index (χ2n) is 4.99. The van der Waals surface area contributed by atoms with Crippen molar-refractivity contribution in [3.05, 3.63) is 42.1 Å². The second-order valence-corrected chi connectivity index (χ2v) is 4.99. The fraction of sp³-hybridized carbons (Fsp3) is 0.333. The summed E-state index contributed by atoms with van der Waals surface area (Å²) in [5, 5.41) is 8.53. The molecule has 4 nitrogen and oxygen atoms in total. The summed E-state index contributed by atoms with van der Waals surface area (Å²) < 4.78 is 0. The minimum atomic E-state index is 0.232. The van der Waals surface area contributed by atoms with Crippen LogP contribution in [0.3, 0.4) is 0 Å². The predicted octanol–water partition coefficient (Wildman–Crippen LogP) is 2.38. The third kappa shape index (κ3) is 3.29. The van der Waals surface area contributed by atoms with E-state index in [1.165, 1.54) is 5.56 Å². The Morgan fingerprint density at radius 2 is 2.11 bits per heavy atom. The van der Waals surface area contributed by atoms with Gasteiger partial charge in [0.15, 0.2) is 0 Å². The van der Waals surface area contributed by atoms with Crippen LogP contribution in [-0.4, -0.2) is 28.8 Å². The molecule has 1 atom stereocenters. The number of amidine groups is 1. The van der Waals surface area contributed by atoms with Gasteiger partial charge in [0, 0.05) is 30.6 Å². The van der Waals surface area contributed by atoms with E-state index >= 15 is 0 Å². The van der Waals surface area contributed by atoms with Crippen LogP contribution in [0.2, 0.25) is 0 Å². The molecule has 0 saturated heterocycles. The second kappa shape index (κ2) is 5.80. The molecule has 19 heavy (non-hydrogen) atoms. The van der Waals surface area contributed by atoms with Gasteiger partial charge < -0.3 is 5.73 Å². The van der Waals surface area contributed by atoms with E-state index in [2.05, 4.69) is 48.1 Å². The molecule has 4 heteroatoms. The van der Waals surface area contributed by atoms with Crippen molar-refractivity contribution in [3.8, 4) is 0 Å². The van der Waals surface area contributed by atoms with E-state index in [1.54, 1.807) is 0 Å². The highest BCUT2D eigenvalue weighted by atomic mass is 15.1. The number of pyridine rings is 1. The van der Waals surface area contributed by atoms with E-state index in [1.807, 2.05) is 12.3 Å². The van der Waals surface area contributed by atoms with E-state index in [0.29, 0.717) is 6.42 Å². The van der Waals surface area contributed by atoms with Crippen LogP contribution in [0.25, 0.3) is 10.9 Å². The van der Waals surface area contributed by atoms with Gasteiger partial charge in [-0.05, 0) is 25.6 Å². The number of fused-ring (bicyclic) bond motifs is 1. The molecule has 0 aliphatic heterocycles. The fourth-order valence-electron chi connectivity index (χ4n) is 2.19. The molecule has 0 amide bonds. The lowest BCUT2D eigenvalue weighted by Crippen LogP contribution is -2.32. The number of rotatable bonds is 5. The molecule has 0 radical (unpaired) electrons. The number of para-hydroxylation sites is 1. The molecule has 0 bridgehead atoms. The molecule has 2 aromatic rings. The average molecular weight is 256 g/mol. The molecule has 0 aliphatic rings. The van der Waals surface area contributed by atoms with E-state index in [-0.39, 0.29) is 11.9 Å². The first-order valence-corrected chi connectivity index (χ1v) is 6.43. The van der Waals surface area contributed by atoms with Crippen LogP contribution in [0.5, 0.6) is 0 Å². The van der Waals surface area contributed by atoms with Gasteiger partial charge in [-0.25, -0.2) is 0 Å². The minimum Gasteiger partial charge on any atom is -0.388 e. The van der Waals surface area contributed by atoms with Crippen LogP contribution in [0.1, 0.15) is 18.9 Å². The van der Waals surface area contributed by atoms with Gasteiger partial charge in [-0.2, -0.15) is 0 Å². The number of hydrogen-bond acceptors (Lipinski definition) is 3. The molecule has 1 aromatic carbocycles. The van der Waals surface area contributed by atoms with E-state index in [4.69, 9.17) is 11.1 Å². The maximum Gasteiger partial charge on any atom is 0.0920 e. The van der Waals surface area contributed by atoms with Crippen molar-refractivity contribution in [1.82, 2.24) is 9.88 Å². The minimum absolute atomic E-state index is 0.232. The smallest absolute Gasteiger partial charge is 0.0920 e. The van der Waals surface area contributed by atoms with Gasteiger partial charge in [0.2, 0.25) is 0 Å². The predicted molar refractivity (Wildman–Crippen MR) is 79.2 cm³/mol. The molecule has 0 saturated carbocycles. The number of nitrogens with two attached hydrogens (primary N) is 1. The molecule has 0 spiro atoms. The van der Waals surface area contributed by atoms with Crippen molar-refractivity contribution >= 4 is 16.7 Å². The van der Waals surface area contributed by atoms with Crippen LogP contribution in [0.4, 0.5) is 0 Å². The first-order chi connectivity index (χ1) is 9.08. The molecular formula is C15H20N4. The number of nitrogens with zero attached hydrogens (tertiary/aromatic N) is 2. The van der Waals surface area contributed by atoms with E-state index in [0.717, 1.165) is 17.4 Å². The third-order valence-electron chi connectivity index (χ3n) is 3.40. The van der Waals surface area contributed by atoms with Crippen molar-refractivity contribution in [2.45, 2.75) is 25.9 Å².